The first-order chi connectivity index (χ1) is 12.8. The normalized spacial score (nSPS) is 24.7. The van der Waals surface area contributed by atoms with Gasteiger partial charge in [-0.2, -0.15) is 0 Å². The molecule has 26 heavy (non-hydrogen) atoms. The van der Waals surface area contributed by atoms with Crippen LogP contribution in [0.5, 0.6) is 11.5 Å². The van der Waals surface area contributed by atoms with E-state index in [1.165, 1.54) is 0 Å². The minimum Gasteiger partial charge on any atom is -0.485 e. The quantitative estimate of drug-likeness (QED) is 0.813. The average Bonchev–Trinajstić information content (AvgIpc) is 2.73. The number of carbonyl (C=O) groups excluding carboxylic acids is 1. The molecule has 136 valence electrons. The van der Waals surface area contributed by atoms with Crippen LogP contribution in [-0.4, -0.2) is 50.5 Å². The molecule has 4 rings (SSSR count). The zero-order valence-electron chi connectivity index (χ0n) is 14.4. The van der Waals surface area contributed by atoms with Gasteiger partial charge >= 0.3 is 5.97 Å². The van der Waals surface area contributed by atoms with Crippen molar-refractivity contribution in [1.82, 2.24) is 10.6 Å². The molecule has 0 saturated carbocycles. The van der Waals surface area contributed by atoms with Crippen LogP contribution in [0.25, 0.3) is 0 Å². The van der Waals surface area contributed by atoms with Crippen molar-refractivity contribution >= 4 is 5.97 Å². The van der Waals surface area contributed by atoms with Gasteiger partial charge in [0.25, 0.3) is 0 Å². The monoisotopic (exact) mass is 354 g/mol. The smallest absolute Gasteiger partial charge is 0.338 e. The summed E-state index contributed by atoms with van der Waals surface area (Å²) < 4.78 is 17.9. The average molecular weight is 354 g/mol. The van der Waals surface area contributed by atoms with Crippen molar-refractivity contribution in [3.05, 3.63) is 60.2 Å². The lowest BCUT2D eigenvalue weighted by Gasteiger charge is -2.44. The molecule has 2 aliphatic rings. The van der Waals surface area contributed by atoms with Crippen LogP contribution in [0.1, 0.15) is 10.4 Å². The van der Waals surface area contributed by atoms with Crippen molar-refractivity contribution in [2.24, 2.45) is 0 Å². The van der Waals surface area contributed by atoms with Crippen LogP contribution in [0.4, 0.5) is 0 Å². The lowest BCUT2D eigenvalue weighted by molar-refractivity contribution is -0.0799. The maximum atomic E-state index is 12.4. The number of hydrogen-bond acceptors (Lipinski definition) is 6. The first-order valence-electron chi connectivity index (χ1n) is 8.84. The van der Waals surface area contributed by atoms with E-state index in [1.54, 1.807) is 12.1 Å². The van der Waals surface area contributed by atoms with Crippen molar-refractivity contribution in [2.75, 3.05) is 32.8 Å². The molecule has 2 aromatic carbocycles. The van der Waals surface area contributed by atoms with E-state index in [4.69, 9.17) is 14.2 Å². The molecule has 2 N–H and O–H groups in total. The van der Waals surface area contributed by atoms with Gasteiger partial charge in [-0.05, 0) is 24.3 Å². The molecule has 0 bridgehead atoms. The standard InChI is InChI=1S/C20H22N2O4/c23-19(15-6-2-1-3-7-15)25-14-20(18-12-21-10-11-22-18)13-24-16-8-4-5-9-17(16)26-20/h1-9,18,21-22H,10-14H2. The van der Waals surface area contributed by atoms with Crippen molar-refractivity contribution in [3.8, 4) is 11.5 Å². The van der Waals surface area contributed by atoms with Gasteiger partial charge in [-0.3, -0.25) is 0 Å². The zero-order chi connectivity index (χ0) is 17.8. The minimum atomic E-state index is -0.786. The lowest BCUT2D eigenvalue weighted by Crippen LogP contribution is -2.68. The van der Waals surface area contributed by atoms with E-state index in [1.807, 2.05) is 42.5 Å². The fourth-order valence-corrected chi connectivity index (χ4v) is 3.32. The molecule has 0 aromatic heterocycles. The van der Waals surface area contributed by atoms with Gasteiger partial charge in [0, 0.05) is 19.6 Å². The third-order valence-corrected chi connectivity index (χ3v) is 4.77. The third-order valence-electron chi connectivity index (χ3n) is 4.77. The van der Waals surface area contributed by atoms with Crippen molar-refractivity contribution in [2.45, 2.75) is 11.6 Å². The highest BCUT2D eigenvalue weighted by Gasteiger charge is 2.47. The molecule has 1 fully saturated rings. The Morgan fingerprint density at radius 2 is 1.85 bits per heavy atom. The summed E-state index contributed by atoms with van der Waals surface area (Å²) in [5, 5.41) is 6.83. The summed E-state index contributed by atoms with van der Waals surface area (Å²) in [7, 11) is 0. The second-order valence-electron chi connectivity index (χ2n) is 6.56. The number of ether oxygens (including phenoxy) is 3. The summed E-state index contributed by atoms with van der Waals surface area (Å²) >= 11 is 0. The van der Waals surface area contributed by atoms with Crippen molar-refractivity contribution in [3.63, 3.8) is 0 Å². The maximum absolute atomic E-state index is 12.4. The van der Waals surface area contributed by atoms with Crippen LogP contribution in [0.2, 0.25) is 0 Å². The minimum absolute atomic E-state index is 0.0341. The number of fused-ring (bicyclic) bond motifs is 1. The molecule has 1 saturated heterocycles. The molecule has 6 nitrogen and oxygen atoms in total. The van der Waals surface area contributed by atoms with E-state index >= 15 is 0 Å². The molecule has 0 spiro atoms. The lowest BCUT2D eigenvalue weighted by atomic mass is 9.93. The number of esters is 1. The van der Waals surface area contributed by atoms with Crippen LogP contribution in [0.15, 0.2) is 54.6 Å². The molecular weight excluding hydrogens is 332 g/mol. The van der Waals surface area contributed by atoms with Crippen LogP contribution in [0.3, 0.4) is 0 Å². The molecule has 2 heterocycles. The molecular formula is C20H22N2O4. The Hall–Kier alpha value is -2.57. The molecule has 2 atom stereocenters. The number of rotatable bonds is 4. The van der Waals surface area contributed by atoms with Gasteiger partial charge in [-0.25, -0.2) is 4.79 Å². The second kappa shape index (κ2) is 7.35. The molecule has 0 radical (unpaired) electrons. The number of carbonyl (C=O) groups is 1. The Morgan fingerprint density at radius 3 is 2.62 bits per heavy atom. The summed E-state index contributed by atoms with van der Waals surface area (Å²) in [6, 6.07) is 16.5. The van der Waals surface area contributed by atoms with Crippen LogP contribution < -0.4 is 20.1 Å². The highest BCUT2D eigenvalue weighted by atomic mass is 16.6. The summed E-state index contributed by atoms with van der Waals surface area (Å²) in [4.78, 5) is 12.4. The number of nitrogens with one attached hydrogen (secondary N) is 2. The SMILES string of the molecule is O=C(OCC1(C2CNCCN2)COc2ccccc2O1)c1ccccc1. The number of benzene rings is 2. The van der Waals surface area contributed by atoms with Gasteiger partial charge in [-0.1, -0.05) is 30.3 Å². The molecule has 0 amide bonds. The predicted octanol–water partition coefficient (Wildman–Crippen LogP) is 1.61. The first-order valence-corrected chi connectivity index (χ1v) is 8.84. The van der Waals surface area contributed by atoms with Gasteiger partial charge < -0.3 is 24.8 Å². The summed E-state index contributed by atoms with van der Waals surface area (Å²) in [6.45, 7) is 2.85. The predicted molar refractivity (Wildman–Crippen MR) is 96.7 cm³/mol. The molecule has 0 aliphatic carbocycles. The molecule has 2 aromatic rings. The van der Waals surface area contributed by atoms with Crippen molar-refractivity contribution < 1.29 is 19.0 Å². The fraction of sp³-hybridized carbons (Fsp3) is 0.350. The molecule has 2 aliphatic heterocycles. The van der Waals surface area contributed by atoms with E-state index < -0.39 is 5.60 Å². The topological polar surface area (TPSA) is 68.8 Å². The van der Waals surface area contributed by atoms with Crippen molar-refractivity contribution in [1.29, 1.82) is 0 Å². The van der Waals surface area contributed by atoms with Gasteiger partial charge in [0.1, 0.15) is 13.2 Å². The molecule has 2 unspecified atom stereocenters. The number of para-hydroxylation sites is 2. The number of hydrogen-bond donors (Lipinski definition) is 2. The summed E-state index contributed by atoms with van der Waals surface area (Å²) in [6.07, 6.45) is 0. The molecule has 6 heteroatoms. The highest BCUT2D eigenvalue weighted by molar-refractivity contribution is 5.89. The fourth-order valence-electron chi connectivity index (χ4n) is 3.32. The van der Waals surface area contributed by atoms with E-state index in [0.29, 0.717) is 30.2 Å². The van der Waals surface area contributed by atoms with E-state index in [0.717, 1.165) is 13.1 Å². The Labute approximate surface area is 152 Å². The summed E-state index contributed by atoms with van der Waals surface area (Å²) in [5.41, 5.74) is -0.263. The van der Waals surface area contributed by atoms with Crippen LogP contribution in [0, 0.1) is 0 Å². The van der Waals surface area contributed by atoms with E-state index in [9.17, 15) is 4.79 Å². The first kappa shape index (κ1) is 16.9. The zero-order valence-corrected chi connectivity index (χ0v) is 14.4. The highest BCUT2D eigenvalue weighted by Crippen LogP contribution is 2.36. The maximum Gasteiger partial charge on any atom is 0.338 e. The van der Waals surface area contributed by atoms with Crippen LogP contribution >= 0.6 is 0 Å². The van der Waals surface area contributed by atoms with E-state index in [2.05, 4.69) is 10.6 Å². The number of piperazine rings is 1. The largest absolute Gasteiger partial charge is 0.485 e. The third kappa shape index (κ3) is 3.38. The van der Waals surface area contributed by atoms with Gasteiger partial charge in [0.2, 0.25) is 0 Å². The van der Waals surface area contributed by atoms with Gasteiger partial charge in [0.15, 0.2) is 17.1 Å². The second-order valence-corrected chi connectivity index (χ2v) is 6.56. The Kier molecular flexibility index (Phi) is 4.77. The Morgan fingerprint density at radius 1 is 1.08 bits per heavy atom. The van der Waals surface area contributed by atoms with Crippen LogP contribution in [-0.2, 0) is 4.74 Å². The Balaban J connectivity index is 1.55. The van der Waals surface area contributed by atoms with Gasteiger partial charge in [-0.15, -0.1) is 0 Å². The van der Waals surface area contributed by atoms with E-state index in [-0.39, 0.29) is 18.6 Å². The van der Waals surface area contributed by atoms with Gasteiger partial charge in [0.05, 0.1) is 11.6 Å². The summed E-state index contributed by atoms with van der Waals surface area (Å²) in [5.74, 6) is 1.01. The Bertz CT molecular complexity index is 761.